The number of aryl methyl sites for hydroxylation is 1. The van der Waals surface area contributed by atoms with Gasteiger partial charge in [0, 0.05) is 0 Å². The van der Waals surface area contributed by atoms with Gasteiger partial charge in [0.15, 0.2) is 11.5 Å². The van der Waals surface area contributed by atoms with E-state index in [1.54, 1.807) is 49.6 Å². The van der Waals surface area contributed by atoms with Crippen LogP contribution >= 0.6 is 11.6 Å². The highest BCUT2D eigenvalue weighted by Gasteiger charge is 2.11. The summed E-state index contributed by atoms with van der Waals surface area (Å²) in [6.45, 7) is 2.44. The number of halogens is 1. The van der Waals surface area contributed by atoms with Gasteiger partial charge >= 0.3 is 0 Å². The van der Waals surface area contributed by atoms with Crippen LogP contribution in [0.2, 0.25) is 5.02 Å². The van der Waals surface area contributed by atoms with E-state index in [9.17, 15) is 9.59 Å². The highest BCUT2D eigenvalue weighted by molar-refractivity contribution is 6.33. The standard InChI is InChI=1S/C25H24ClN3O4/c1-17-6-5-7-19(12-17)16-33-22-11-10-18(13-23(22)32-2)15-27-29-25(31)14-24(30)28-21-9-4-3-8-20(21)26/h3-13,15H,14,16H2,1-2H3,(H,28,30)(H,29,31). The van der Waals surface area contributed by atoms with E-state index in [1.807, 2.05) is 25.1 Å². The number of benzene rings is 3. The van der Waals surface area contributed by atoms with Crippen molar-refractivity contribution in [1.82, 2.24) is 5.43 Å². The Morgan fingerprint density at radius 2 is 1.82 bits per heavy atom. The average Bonchev–Trinajstić information content (AvgIpc) is 2.79. The molecule has 7 nitrogen and oxygen atoms in total. The van der Waals surface area contributed by atoms with Crippen molar-refractivity contribution in [2.24, 2.45) is 5.10 Å². The first-order valence-corrected chi connectivity index (χ1v) is 10.5. The predicted octanol–water partition coefficient (Wildman–Crippen LogP) is 4.71. The van der Waals surface area contributed by atoms with E-state index >= 15 is 0 Å². The lowest BCUT2D eigenvalue weighted by Gasteiger charge is -2.11. The molecule has 0 aliphatic carbocycles. The Bertz CT molecular complexity index is 1160. The maximum absolute atomic E-state index is 12.0. The first kappa shape index (κ1) is 23.8. The van der Waals surface area contributed by atoms with Crippen LogP contribution in [0.3, 0.4) is 0 Å². The molecule has 0 aromatic heterocycles. The van der Waals surface area contributed by atoms with Gasteiger partial charge in [-0.3, -0.25) is 9.59 Å². The summed E-state index contributed by atoms with van der Waals surface area (Å²) < 4.78 is 11.3. The van der Waals surface area contributed by atoms with Gasteiger partial charge in [0.1, 0.15) is 13.0 Å². The van der Waals surface area contributed by atoms with Crippen LogP contribution in [0, 0.1) is 6.92 Å². The second-order valence-corrected chi connectivity index (χ2v) is 7.59. The van der Waals surface area contributed by atoms with Crippen LogP contribution in [-0.4, -0.2) is 25.1 Å². The molecule has 0 radical (unpaired) electrons. The number of rotatable bonds is 9. The number of hydrogen-bond donors (Lipinski definition) is 2. The molecule has 0 aliphatic rings. The van der Waals surface area contributed by atoms with Gasteiger partial charge in [-0.15, -0.1) is 0 Å². The van der Waals surface area contributed by atoms with Gasteiger partial charge in [-0.05, 0) is 48.4 Å². The van der Waals surface area contributed by atoms with Crippen molar-refractivity contribution in [2.45, 2.75) is 20.0 Å². The Balaban J connectivity index is 1.52. The fraction of sp³-hybridized carbons (Fsp3) is 0.160. The number of carbonyl (C=O) groups excluding carboxylic acids is 2. The molecule has 8 heteroatoms. The van der Waals surface area contributed by atoms with Gasteiger partial charge in [0.25, 0.3) is 0 Å². The van der Waals surface area contributed by atoms with Crippen LogP contribution in [0.5, 0.6) is 11.5 Å². The maximum atomic E-state index is 12.0. The summed E-state index contributed by atoms with van der Waals surface area (Å²) in [6, 6.07) is 20.2. The number of methoxy groups -OCH3 is 1. The van der Waals surface area contributed by atoms with Crippen molar-refractivity contribution < 1.29 is 19.1 Å². The molecule has 2 N–H and O–H groups in total. The molecule has 0 unspecified atom stereocenters. The molecule has 0 bridgehead atoms. The third-order valence-corrected chi connectivity index (χ3v) is 4.87. The minimum atomic E-state index is -0.555. The van der Waals surface area contributed by atoms with Crippen molar-refractivity contribution in [2.75, 3.05) is 12.4 Å². The van der Waals surface area contributed by atoms with E-state index in [0.717, 1.165) is 11.1 Å². The summed E-state index contributed by atoms with van der Waals surface area (Å²) in [4.78, 5) is 24.0. The number of nitrogens with zero attached hydrogens (tertiary/aromatic N) is 1. The quantitative estimate of drug-likeness (QED) is 0.272. The van der Waals surface area contributed by atoms with Crippen LogP contribution < -0.4 is 20.2 Å². The maximum Gasteiger partial charge on any atom is 0.249 e. The van der Waals surface area contributed by atoms with Crippen LogP contribution in [0.1, 0.15) is 23.1 Å². The molecule has 3 rings (SSSR count). The second-order valence-electron chi connectivity index (χ2n) is 7.19. The minimum absolute atomic E-state index is 0.391. The summed E-state index contributed by atoms with van der Waals surface area (Å²) in [7, 11) is 1.55. The molecule has 3 aromatic rings. The fourth-order valence-electron chi connectivity index (χ4n) is 2.97. The zero-order chi connectivity index (χ0) is 23.6. The minimum Gasteiger partial charge on any atom is -0.493 e. The molecular formula is C25H24ClN3O4. The van der Waals surface area contributed by atoms with E-state index in [0.29, 0.717) is 34.4 Å². The Labute approximate surface area is 197 Å². The third-order valence-electron chi connectivity index (χ3n) is 4.54. The molecule has 33 heavy (non-hydrogen) atoms. The van der Waals surface area contributed by atoms with E-state index in [4.69, 9.17) is 21.1 Å². The van der Waals surface area contributed by atoms with Crippen molar-refractivity contribution in [3.05, 3.63) is 88.4 Å². The SMILES string of the molecule is COc1cc(C=NNC(=O)CC(=O)Nc2ccccc2Cl)ccc1OCc1cccc(C)c1. The lowest BCUT2D eigenvalue weighted by Crippen LogP contribution is -2.24. The zero-order valence-electron chi connectivity index (χ0n) is 18.3. The lowest BCUT2D eigenvalue weighted by molar-refractivity contribution is -0.126. The smallest absolute Gasteiger partial charge is 0.249 e. The number of para-hydroxylation sites is 1. The molecule has 0 saturated carbocycles. The first-order chi connectivity index (χ1) is 15.9. The van der Waals surface area contributed by atoms with Crippen LogP contribution in [0.25, 0.3) is 0 Å². The molecule has 3 aromatic carbocycles. The van der Waals surface area contributed by atoms with Crippen LogP contribution in [-0.2, 0) is 16.2 Å². The van der Waals surface area contributed by atoms with Crippen molar-refractivity contribution in [3.8, 4) is 11.5 Å². The van der Waals surface area contributed by atoms with Crippen molar-refractivity contribution in [3.63, 3.8) is 0 Å². The Morgan fingerprint density at radius 1 is 1.00 bits per heavy atom. The topological polar surface area (TPSA) is 89.0 Å². The van der Waals surface area contributed by atoms with E-state index in [1.165, 1.54) is 6.21 Å². The Kier molecular flexibility index (Phi) is 8.43. The summed E-state index contributed by atoms with van der Waals surface area (Å²) in [5, 5.41) is 6.88. The molecular weight excluding hydrogens is 442 g/mol. The normalized spacial score (nSPS) is 10.6. The van der Waals surface area contributed by atoms with Gasteiger partial charge in [-0.25, -0.2) is 5.43 Å². The summed E-state index contributed by atoms with van der Waals surface area (Å²) in [6.07, 6.45) is 1.06. The number of ether oxygens (including phenoxy) is 2. The highest BCUT2D eigenvalue weighted by Crippen LogP contribution is 2.28. The first-order valence-electron chi connectivity index (χ1n) is 10.2. The molecule has 0 saturated heterocycles. The van der Waals surface area contributed by atoms with E-state index in [-0.39, 0.29) is 0 Å². The van der Waals surface area contributed by atoms with Gasteiger partial charge in [-0.1, -0.05) is 53.6 Å². The van der Waals surface area contributed by atoms with E-state index in [2.05, 4.69) is 21.9 Å². The number of anilines is 1. The lowest BCUT2D eigenvalue weighted by atomic mass is 10.1. The number of hydrazone groups is 1. The number of nitrogens with one attached hydrogen (secondary N) is 2. The highest BCUT2D eigenvalue weighted by atomic mass is 35.5. The van der Waals surface area contributed by atoms with E-state index < -0.39 is 18.2 Å². The van der Waals surface area contributed by atoms with Gasteiger partial charge in [0.05, 0.1) is 24.0 Å². The third kappa shape index (κ3) is 7.36. The van der Waals surface area contributed by atoms with Crippen molar-refractivity contribution in [1.29, 1.82) is 0 Å². The van der Waals surface area contributed by atoms with Crippen LogP contribution in [0.4, 0.5) is 5.69 Å². The van der Waals surface area contributed by atoms with Gasteiger partial charge < -0.3 is 14.8 Å². The molecule has 0 heterocycles. The molecule has 0 fully saturated rings. The average molecular weight is 466 g/mol. The largest absolute Gasteiger partial charge is 0.493 e. The molecule has 0 atom stereocenters. The molecule has 2 amide bonds. The summed E-state index contributed by atoms with van der Waals surface area (Å²) >= 11 is 5.99. The van der Waals surface area contributed by atoms with Crippen LogP contribution in [0.15, 0.2) is 71.8 Å². The molecule has 170 valence electrons. The Morgan fingerprint density at radius 3 is 2.58 bits per heavy atom. The summed E-state index contributed by atoms with van der Waals surface area (Å²) in [5.74, 6) is 0.0851. The Hall–Kier alpha value is -3.84. The number of carbonyl (C=O) groups is 2. The van der Waals surface area contributed by atoms with Gasteiger partial charge in [0.2, 0.25) is 11.8 Å². The number of hydrogen-bond acceptors (Lipinski definition) is 5. The predicted molar refractivity (Wildman–Crippen MR) is 129 cm³/mol. The zero-order valence-corrected chi connectivity index (χ0v) is 19.1. The molecule has 0 aliphatic heterocycles. The molecule has 0 spiro atoms. The van der Waals surface area contributed by atoms with Crippen molar-refractivity contribution >= 4 is 35.3 Å². The fourth-order valence-corrected chi connectivity index (χ4v) is 3.15. The summed E-state index contributed by atoms with van der Waals surface area (Å²) in [5.41, 5.74) is 5.69. The number of amides is 2. The monoisotopic (exact) mass is 465 g/mol. The second kappa shape index (κ2) is 11.7. The van der Waals surface area contributed by atoms with Gasteiger partial charge in [-0.2, -0.15) is 5.10 Å².